The van der Waals surface area contributed by atoms with Gasteiger partial charge >= 0.3 is 0 Å². The largest absolute Gasteiger partial charge is 0.489 e. The topological polar surface area (TPSA) is 103 Å². The standard InChI is InChI=1S/C25H30ClN6O3P/c1-36(2,34)23-6-4-3-5-20(23)29-24-19(26)14-27-25(30-24)28-17-7-8-21-22(13-17)35-16-18-15-31(11-12-33)9-10-32(18)21/h3-8,13-14,18,33H,9-12,15-16H2,1-2H3,(H2,27,28,29,30). The lowest BCUT2D eigenvalue weighted by atomic mass is 10.1. The minimum atomic E-state index is -2.50. The van der Waals surface area contributed by atoms with E-state index in [2.05, 4.69) is 36.5 Å². The first kappa shape index (κ1) is 24.8. The van der Waals surface area contributed by atoms with Crippen LogP contribution in [0.2, 0.25) is 5.02 Å². The molecule has 0 saturated carbocycles. The molecule has 0 spiro atoms. The van der Waals surface area contributed by atoms with Crippen molar-refractivity contribution < 1.29 is 14.4 Å². The Labute approximate surface area is 215 Å². The Balaban J connectivity index is 1.33. The van der Waals surface area contributed by atoms with Crippen molar-refractivity contribution in [3.8, 4) is 5.75 Å². The van der Waals surface area contributed by atoms with Crippen LogP contribution in [0.4, 0.5) is 28.8 Å². The van der Waals surface area contributed by atoms with Gasteiger partial charge < -0.3 is 29.9 Å². The van der Waals surface area contributed by atoms with Gasteiger partial charge in [0.05, 0.1) is 30.2 Å². The summed E-state index contributed by atoms with van der Waals surface area (Å²) in [6, 6.07) is 13.7. The average Bonchev–Trinajstić information content (AvgIpc) is 2.85. The Hall–Kier alpha value is -2.84. The summed E-state index contributed by atoms with van der Waals surface area (Å²) in [5.41, 5.74) is 2.57. The van der Waals surface area contributed by atoms with Gasteiger partial charge in [0, 0.05) is 43.2 Å². The van der Waals surface area contributed by atoms with E-state index in [4.69, 9.17) is 16.3 Å². The quantitative estimate of drug-likeness (QED) is 0.396. The maximum absolute atomic E-state index is 12.7. The molecule has 190 valence electrons. The lowest BCUT2D eigenvalue weighted by Crippen LogP contribution is -2.57. The summed E-state index contributed by atoms with van der Waals surface area (Å²) in [5.74, 6) is 1.62. The molecule has 1 atom stereocenters. The SMILES string of the molecule is CP(C)(=O)c1ccccc1Nc1nc(Nc2ccc3c(c2)OCC2CN(CCO)CCN32)ncc1Cl. The molecule has 3 heterocycles. The number of aliphatic hydroxyl groups excluding tert-OH is 1. The maximum atomic E-state index is 12.7. The van der Waals surface area contributed by atoms with Crippen LogP contribution < -0.4 is 25.6 Å². The maximum Gasteiger partial charge on any atom is 0.229 e. The summed E-state index contributed by atoms with van der Waals surface area (Å²) in [5, 5.41) is 16.8. The van der Waals surface area contributed by atoms with Gasteiger partial charge in [-0.15, -0.1) is 0 Å². The normalized spacial score (nSPS) is 17.7. The van der Waals surface area contributed by atoms with Crippen molar-refractivity contribution in [3.63, 3.8) is 0 Å². The first-order chi connectivity index (χ1) is 17.3. The van der Waals surface area contributed by atoms with Gasteiger partial charge in [0.25, 0.3) is 0 Å². The molecule has 1 aromatic heterocycles. The molecule has 9 nitrogen and oxygen atoms in total. The lowest BCUT2D eigenvalue weighted by molar-refractivity contribution is 0.141. The Bertz CT molecular complexity index is 1300. The van der Waals surface area contributed by atoms with Crippen LogP contribution in [0.3, 0.4) is 0 Å². The molecule has 3 aromatic rings. The molecule has 36 heavy (non-hydrogen) atoms. The highest BCUT2D eigenvalue weighted by atomic mass is 35.5. The van der Waals surface area contributed by atoms with Crippen LogP contribution in [-0.2, 0) is 4.57 Å². The fourth-order valence-electron chi connectivity index (χ4n) is 4.68. The van der Waals surface area contributed by atoms with Crippen LogP contribution in [0, 0.1) is 0 Å². The van der Waals surface area contributed by atoms with Gasteiger partial charge in [0.2, 0.25) is 5.95 Å². The second-order valence-electron chi connectivity index (χ2n) is 9.37. The van der Waals surface area contributed by atoms with E-state index in [0.29, 0.717) is 35.6 Å². The number of anilines is 5. The van der Waals surface area contributed by atoms with Crippen molar-refractivity contribution in [2.75, 3.05) is 68.3 Å². The lowest BCUT2D eigenvalue weighted by Gasteiger charge is -2.45. The Morgan fingerprint density at radius 1 is 1.19 bits per heavy atom. The van der Waals surface area contributed by atoms with E-state index in [0.717, 1.165) is 42.1 Å². The number of para-hydroxylation sites is 1. The van der Waals surface area contributed by atoms with E-state index in [9.17, 15) is 9.67 Å². The van der Waals surface area contributed by atoms with Gasteiger partial charge in [-0.3, -0.25) is 4.90 Å². The highest BCUT2D eigenvalue weighted by Gasteiger charge is 2.32. The van der Waals surface area contributed by atoms with Gasteiger partial charge in [-0.25, -0.2) is 4.98 Å². The third-order valence-electron chi connectivity index (χ3n) is 6.42. The predicted octanol–water partition coefficient (Wildman–Crippen LogP) is 3.74. The number of β-amino-alcohol motifs (C(OH)–C–C–N with tert-alkyl or cyclic N) is 1. The van der Waals surface area contributed by atoms with Crippen LogP contribution in [-0.4, -0.2) is 78.7 Å². The number of aliphatic hydroxyl groups is 1. The summed E-state index contributed by atoms with van der Waals surface area (Å²) < 4.78 is 18.8. The van der Waals surface area contributed by atoms with Crippen molar-refractivity contribution >= 4 is 52.9 Å². The number of benzene rings is 2. The van der Waals surface area contributed by atoms with E-state index in [1.54, 1.807) is 13.3 Å². The van der Waals surface area contributed by atoms with Crippen LogP contribution in [0.1, 0.15) is 0 Å². The molecular weight excluding hydrogens is 499 g/mol. The van der Waals surface area contributed by atoms with Crippen LogP contribution in [0.5, 0.6) is 5.75 Å². The summed E-state index contributed by atoms with van der Waals surface area (Å²) >= 11 is 6.38. The third-order valence-corrected chi connectivity index (χ3v) is 8.25. The highest BCUT2D eigenvalue weighted by Crippen LogP contribution is 2.39. The minimum absolute atomic E-state index is 0.174. The molecule has 2 aromatic carbocycles. The van der Waals surface area contributed by atoms with E-state index in [1.165, 1.54) is 6.20 Å². The van der Waals surface area contributed by atoms with Crippen LogP contribution in [0.15, 0.2) is 48.7 Å². The van der Waals surface area contributed by atoms with E-state index >= 15 is 0 Å². The number of nitrogens with zero attached hydrogens (tertiary/aromatic N) is 4. The Kier molecular flexibility index (Phi) is 7.08. The summed E-state index contributed by atoms with van der Waals surface area (Å²) in [6.07, 6.45) is 1.53. The van der Waals surface area contributed by atoms with Gasteiger partial charge in [-0.2, -0.15) is 4.98 Å². The molecule has 0 bridgehead atoms. The average molecular weight is 529 g/mol. The van der Waals surface area contributed by atoms with Gasteiger partial charge in [0.1, 0.15) is 24.5 Å². The second kappa shape index (κ2) is 10.3. The number of piperazine rings is 1. The zero-order chi connectivity index (χ0) is 25.3. The number of ether oxygens (including phenoxy) is 1. The minimum Gasteiger partial charge on any atom is -0.489 e. The molecule has 11 heteroatoms. The number of rotatable bonds is 7. The zero-order valence-corrected chi connectivity index (χ0v) is 22.0. The molecule has 2 aliphatic heterocycles. The Morgan fingerprint density at radius 3 is 2.83 bits per heavy atom. The Morgan fingerprint density at radius 2 is 2.03 bits per heavy atom. The van der Waals surface area contributed by atoms with E-state index < -0.39 is 7.14 Å². The summed E-state index contributed by atoms with van der Waals surface area (Å²) in [7, 11) is -2.50. The van der Waals surface area contributed by atoms with Gasteiger partial charge in [-0.05, 0) is 37.6 Å². The molecule has 5 rings (SSSR count). The number of hydrogen-bond acceptors (Lipinski definition) is 9. The molecular formula is C25H30ClN6O3P. The molecule has 1 fully saturated rings. The van der Waals surface area contributed by atoms with E-state index in [-0.39, 0.29) is 12.6 Å². The van der Waals surface area contributed by atoms with Crippen molar-refractivity contribution in [2.45, 2.75) is 6.04 Å². The van der Waals surface area contributed by atoms with Gasteiger partial charge in [0.15, 0.2) is 5.82 Å². The molecule has 1 saturated heterocycles. The third kappa shape index (κ3) is 5.30. The molecule has 2 aliphatic rings. The number of halogens is 1. The van der Waals surface area contributed by atoms with Crippen molar-refractivity contribution in [2.24, 2.45) is 0 Å². The number of fused-ring (bicyclic) bond motifs is 3. The summed E-state index contributed by atoms with van der Waals surface area (Å²) in [6.45, 7) is 7.63. The van der Waals surface area contributed by atoms with Crippen molar-refractivity contribution in [1.82, 2.24) is 14.9 Å². The number of nitrogens with one attached hydrogen (secondary N) is 2. The van der Waals surface area contributed by atoms with Crippen LogP contribution >= 0.6 is 18.7 Å². The van der Waals surface area contributed by atoms with Crippen molar-refractivity contribution in [3.05, 3.63) is 53.7 Å². The number of hydrogen-bond donors (Lipinski definition) is 3. The van der Waals surface area contributed by atoms with Gasteiger partial charge in [-0.1, -0.05) is 23.7 Å². The first-order valence-corrected chi connectivity index (χ1v) is 14.9. The first-order valence-electron chi connectivity index (χ1n) is 11.9. The summed E-state index contributed by atoms with van der Waals surface area (Å²) in [4.78, 5) is 13.5. The monoisotopic (exact) mass is 528 g/mol. The van der Waals surface area contributed by atoms with Crippen molar-refractivity contribution in [1.29, 1.82) is 0 Å². The second-order valence-corrected chi connectivity index (χ2v) is 13.0. The molecule has 0 aliphatic carbocycles. The molecule has 1 unspecified atom stereocenters. The zero-order valence-electron chi connectivity index (χ0n) is 20.3. The van der Waals surface area contributed by atoms with Crippen LogP contribution in [0.25, 0.3) is 0 Å². The predicted molar refractivity (Wildman–Crippen MR) is 146 cm³/mol. The van der Waals surface area contributed by atoms with E-state index in [1.807, 2.05) is 36.4 Å². The fourth-order valence-corrected chi connectivity index (χ4v) is 5.97. The highest BCUT2D eigenvalue weighted by molar-refractivity contribution is 7.70. The molecule has 3 N–H and O–H groups in total. The smallest absolute Gasteiger partial charge is 0.229 e. The number of aromatic nitrogens is 2. The fraction of sp³-hybridized carbons (Fsp3) is 0.360. The molecule has 0 radical (unpaired) electrons. The molecule has 0 amide bonds.